The second kappa shape index (κ2) is 6.59. The van der Waals surface area contributed by atoms with Gasteiger partial charge in [-0.05, 0) is 37.6 Å². The van der Waals surface area contributed by atoms with Gasteiger partial charge in [-0.25, -0.2) is 0 Å². The van der Waals surface area contributed by atoms with Crippen LogP contribution in [0.4, 0.5) is 0 Å². The van der Waals surface area contributed by atoms with Gasteiger partial charge in [-0.2, -0.15) is 0 Å². The Labute approximate surface area is 119 Å². The van der Waals surface area contributed by atoms with Crippen molar-refractivity contribution in [3.8, 4) is 5.75 Å². The molecule has 0 fully saturated rings. The number of aryl methyl sites for hydroxylation is 2. The van der Waals surface area contributed by atoms with Gasteiger partial charge in [0, 0.05) is 18.7 Å². The Balaban J connectivity index is 1.85. The number of rotatable bonds is 6. The minimum absolute atomic E-state index is 0.496. The van der Waals surface area contributed by atoms with Gasteiger partial charge < -0.3 is 19.6 Å². The molecule has 0 bridgehead atoms. The molecule has 0 saturated heterocycles. The van der Waals surface area contributed by atoms with E-state index in [-0.39, 0.29) is 0 Å². The van der Waals surface area contributed by atoms with Gasteiger partial charge in [0.25, 0.3) is 0 Å². The fourth-order valence-electron chi connectivity index (χ4n) is 2.15. The predicted molar refractivity (Wildman–Crippen MR) is 77.8 cm³/mol. The molecule has 1 heterocycles. The van der Waals surface area contributed by atoms with Crippen LogP contribution in [0.1, 0.15) is 28.8 Å². The number of aliphatic hydroxyl groups is 1. The van der Waals surface area contributed by atoms with Crippen LogP contribution in [0.25, 0.3) is 0 Å². The molecule has 0 aliphatic carbocycles. The Morgan fingerprint density at radius 1 is 1.25 bits per heavy atom. The lowest BCUT2D eigenvalue weighted by molar-refractivity contribution is 0.174. The average Bonchev–Trinajstić information content (AvgIpc) is 2.77. The number of benzene rings is 1. The van der Waals surface area contributed by atoms with Crippen molar-refractivity contribution >= 4 is 0 Å². The summed E-state index contributed by atoms with van der Waals surface area (Å²) in [6.07, 6.45) is -0.533. The van der Waals surface area contributed by atoms with Crippen LogP contribution in [0, 0.1) is 13.8 Å². The van der Waals surface area contributed by atoms with Crippen molar-refractivity contribution in [2.24, 2.45) is 0 Å². The van der Waals surface area contributed by atoms with E-state index in [1.54, 1.807) is 7.11 Å². The SMILES string of the molecule is COc1ccc(C(O)CNCc2cc(C)oc2C)cc1. The van der Waals surface area contributed by atoms with Crippen molar-refractivity contribution in [3.05, 3.63) is 53.0 Å². The van der Waals surface area contributed by atoms with E-state index in [1.165, 1.54) is 0 Å². The first-order valence-corrected chi connectivity index (χ1v) is 6.69. The number of aliphatic hydroxyl groups excluding tert-OH is 1. The smallest absolute Gasteiger partial charge is 0.118 e. The Morgan fingerprint density at radius 2 is 1.95 bits per heavy atom. The average molecular weight is 275 g/mol. The molecule has 1 aromatic carbocycles. The molecule has 0 radical (unpaired) electrons. The Morgan fingerprint density at radius 3 is 2.50 bits per heavy atom. The van der Waals surface area contributed by atoms with Crippen molar-refractivity contribution in [1.82, 2.24) is 5.32 Å². The molecule has 0 spiro atoms. The van der Waals surface area contributed by atoms with Gasteiger partial charge in [-0.3, -0.25) is 0 Å². The maximum Gasteiger partial charge on any atom is 0.118 e. The fourth-order valence-corrected chi connectivity index (χ4v) is 2.15. The Hall–Kier alpha value is -1.78. The van der Waals surface area contributed by atoms with Crippen molar-refractivity contribution in [2.75, 3.05) is 13.7 Å². The van der Waals surface area contributed by atoms with Gasteiger partial charge in [-0.1, -0.05) is 12.1 Å². The topological polar surface area (TPSA) is 54.6 Å². The zero-order valence-corrected chi connectivity index (χ0v) is 12.1. The van der Waals surface area contributed by atoms with Crippen LogP contribution >= 0.6 is 0 Å². The van der Waals surface area contributed by atoms with Crippen molar-refractivity contribution in [2.45, 2.75) is 26.5 Å². The molecule has 108 valence electrons. The lowest BCUT2D eigenvalue weighted by Gasteiger charge is -2.12. The molecule has 0 aliphatic rings. The standard InChI is InChI=1S/C16H21NO3/c1-11-8-14(12(2)20-11)9-17-10-16(18)13-4-6-15(19-3)7-5-13/h4-8,16-18H,9-10H2,1-3H3. The number of furan rings is 1. The molecule has 2 N–H and O–H groups in total. The van der Waals surface area contributed by atoms with E-state index in [9.17, 15) is 5.11 Å². The van der Waals surface area contributed by atoms with E-state index in [0.29, 0.717) is 13.1 Å². The monoisotopic (exact) mass is 275 g/mol. The quantitative estimate of drug-likeness (QED) is 0.851. The normalized spacial score (nSPS) is 12.4. The van der Waals surface area contributed by atoms with Gasteiger partial charge >= 0.3 is 0 Å². The minimum Gasteiger partial charge on any atom is -0.497 e. The fraction of sp³-hybridized carbons (Fsp3) is 0.375. The van der Waals surface area contributed by atoms with Crippen molar-refractivity contribution in [3.63, 3.8) is 0 Å². The molecule has 2 rings (SSSR count). The van der Waals surface area contributed by atoms with E-state index in [1.807, 2.05) is 44.2 Å². The van der Waals surface area contributed by atoms with Gasteiger partial charge in [-0.15, -0.1) is 0 Å². The maximum atomic E-state index is 10.1. The molecule has 4 nitrogen and oxygen atoms in total. The molecule has 2 aromatic rings. The van der Waals surface area contributed by atoms with E-state index in [2.05, 4.69) is 5.32 Å². The molecule has 0 saturated carbocycles. The number of ether oxygens (including phenoxy) is 1. The van der Waals surface area contributed by atoms with Gasteiger partial charge in [0.1, 0.15) is 17.3 Å². The highest BCUT2D eigenvalue weighted by atomic mass is 16.5. The largest absolute Gasteiger partial charge is 0.497 e. The minimum atomic E-state index is -0.533. The number of nitrogens with one attached hydrogen (secondary N) is 1. The summed E-state index contributed by atoms with van der Waals surface area (Å²) in [6, 6.07) is 9.46. The first-order chi connectivity index (χ1) is 9.60. The first kappa shape index (κ1) is 14.6. The molecule has 0 aliphatic heterocycles. The highest BCUT2D eigenvalue weighted by Crippen LogP contribution is 2.17. The highest BCUT2D eigenvalue weighted by molar-refractivity contribution is 5.28. The summed E-state index contributed by atoms with van der Waals surface area (Å²) >= 11 is 0. The molecule has 20 heavy (non-hydrogen) atoms. The summed E-state index contributed by atoms with van der Waals surface area (Å²) < 4.78 is 10.6. The molecule has 0 amide bonds. The zero-order valence-electron chi connectivity index (χ0n) is 12.1. The number of hydrogen-bond acceptors (Lipinski definition) is 4. The molecule has 1 atom stereocenters. The van der Waals surface area contributed by atoms with E-state index >= 15 is 0 Å². The predicted octanol–water partition coefficient (Wildman–Crippen LogP) is 2.73. The third-order valence-electron chi connectivity index (χ3n) is 3.30. The Bertz CT molecular complexity index is 545. The summed E-state index contributed by atoms with van der Waals surface area (Å²) in [5.74, 6) is 2.63. The third kappa shape index (κ3) is 3.62. The molecular formula is C16H21NO3. The van der Waals surface area contributed by atoms with Gasteiger partial charge in [0.05, 0.1) is 13.2 Å². The van der Waals surface area contributed by atoms with Crippen LogP contribution in [0.15, 0.2) is 34.7 Å². The lowest BCUT2D eigenvalue weighted by atomic mass is 10.1. The van der Waals surface area contributed by atoms with Crippen LogP contribution in [-0.4, -0.2) is 18.8 Å². The first-order valence-electron chi connectivity index (χ1n) is 6.69. The van der Waals surface area contributed by atoms with Crippen LogP contribution in [-0.2, 0) is 6.54 Å². The van der Waals surface area contributed by atoms with Crippen LogP contribution in [0.3, 0.4) is 0 Å². The van der Waals surface area contributed by atoms with Crippen LogP contribution in [0.5, 0.6) is 5.75 Å². The highest BCUT2D eigenvalue weighted by Gasteiger charge is 2.09. The Kier molecular flexibility index (Phi) is 4.82. The van der Waals surface area contributed by atoms with E-state index in [0.717, 1.165) is 28.4 Å². The summed E-state index contributed by atoms with van der Waals surface area (Å²) in [5, 5.41) is 13.4. The van der Waals surface area contributed by atoms with Crippen LogP contribution in [0.2, 0.25) is 0 Å². The van der Waals surface area contributed by atoms with Crippen LogP contribution < -0.4 is 10.1 Å². The second-order valence-electron chi connectivity index (χ2n) is 4.86. The summed E-state index contributed by atoms with van der Waals surface area (Å²) in [6.45, 7) is 5.07. The summed E-state index contributed by atoms with van der Waals surface area (Å²) in [5.41, 5.74) is 2.00. The third-order valence-corrected chi connectivity index (χ3v) is 3.30. The second-order valence-corrected chi connectivity index (χ2v) is 4.86. The number of methoxy groups -OCH3 is 1. The van der Waals surface area contributed by atoms with E-state index in [4.69, 9.17) is 9.15 Å². The van der Waals surface area contributed by atoms with Crippen molar-refractivity contribution < 1.29 is 14.3 Å². The zero-order chi connectivity index (χ0) is 14.5. The maximum absolute atomic E-state index is 10.1. The molecule has 1 unspecified atom stereocenters. The molecule has 4 heteroatoms. The van der Waals surface area contributed by atoms with Gasteiger partial charge in [0.15, 0.2) is 0 Å². The number of hydrogen-bond donors (Lipinski definition) is 2. The van der Waals surface area contributed by atoms with Gasteiger partial charge in [0.2, 0.25) is 0 Å². The van der Waals surface area contributed by atoms with E-state index < -0.39 is 6.10 Å². The summed E-state index contributed by atoms with van der Waals surface area (Å²) in [7, 11) is 1.63. The van der Waals surface area contributed by atoms with Crippen molar-refractivity contribution in [1.29, 1.82) is 0 Å². The summed E-state index contributed by atoms with van der Waals surface area (Å²) in [4.78, 5) is 0. The molecular weight excluding hydrogens is 254 g/mol. The lowest BCUT2D eigenvalue weighted by Crippen LogP contribution is -2.21. The molecule has 1 aromatic heterocycles.